The molecule has 1 atom stereocenters. The Balaban J connectivity index is 1.36. The van der Waals surface area contributed by atoms with Crippen LogP contribution in [-0.4, -0.2) is 68.9 Å². The molecule has 8 nitrogen and oxygen atoms in total. The second-order valence-electron chi connectivity index (χ2n) is 7.76. The van der Waals surface area contributed by atoms with Gasteiger partial charge in [-0.05, 0) is 61.4 Å². The summed E-state index contributed by atoms with van der Waals surface area (Å²) in [5.41, 5.74) is 0.603. The molecule has 1 unspecified atom stereocenters. The van der Waals surface area contributed by atoms with Gasteiger partial charge in [0, 0.05) is 44.0 Å². The van der Waals surface area contributed by atoms with E-state index < -0.39 is 15.8 Å². The molecule has 0 aromatic heterocycles. The number of benzene rings is 2. The van der Waals surface area contributed by atoms with Gasteiger partial charge in [-0.2, -0.15) is 0 Å². The van der Waals surface area contributed by atoms with Crippen molar-refractivity contribution in [2.24, 2.45) is 0 Å². The number of hydrogen-bond donors (Lipinski definition) is 1. The summed E-state index contributed by atoms with van der Waals surface area (Å²) in [5.74, 6) is -0.699. The fraction of sp³-hybridized carbons (Fsp3) is 0.364. The van der Waals surface area contributed by atoms with E-state index in [1.54, 1.807) is 9.80 Å². The SMILES string of the molecule is O=C(c1ccc(S(=O)(=O)Nc2ccc(F)cc2)cc1)N1CCN(C(=O)C2CCCO2)CC1. The highest BCUT2D eigenvalue weighted by Gasteiger charge is 2.31. The second kappa shape index (κ2) is 9.25. The van der Waals surface area contributed by atoms with E-state index in [0.29, 0.717) is 38.3 Å². The minimum atomic E-state index is -3.87. The standard InChI is InChI=1S/C22H24FN3O5S/c23-17-5-7-18(8-6-17)24-32(29,30)19-9-3-16(4-10-19)21(27)25-11-13-26(14-12-25)22(28)20-2-1-15-31-20/h3-10,20,24H,1-2,11-15H2. The second-order valence-corrected chi connectivity index (χ2v) is 9.44. The van der Waals surface area contributed by atoms with Crippen LogP contribution in [0.3, 0.4) is 0 Å². The van der Waals surface area contributed by atoms with Crippen LogP contribution in [0.5, 0.6) is 0 Å². The Bertz CT molecular complexity index is 1080. The van der Waals surface area contributed by atoms with Gasteiger partial charge in [-0.1, -0.05) is 0 Å². The van der Waals surface area contributed by atoms with Gasteiger partial charge in [0.25, 0.3) is 21.8 Å². The zero-order valence-corrected chi connectivity index (χ0v) is 18.2. The molecule has 2 aromatic carbocycles. The third kappa shape index (κ3) is 4.91. The van der Waals surface area contributed by atoms with E-state index in [4.69, 9.17) is 4.74 Å². The van der Waals surface area contributed by atoms with Crippen molar-refractivity contribution < 1.29 is 27.1 Å². The molecule has 32 heavy (non-hydrogen) atoms. The average molecular weight is 462 g/mol. The molecular weight excluding hydrogens is 437 g/mol. The normalized spacial score (nSPS) is 19.1. The van der Waals surface area contributed by atoms with Crippen LogP contribution < -0.4 is 4.72 Å². The molecule has 2 heterocycles. The number of sulfonamides is 1. The number of rotatable bonds is 5. The number of carbonyl (C=O) groups is 2. The quantitative estimate of drug-likeness (QED) is 0.736. The number of hydrogen-bond acceptors (Lipinski definition) is 5. The van der Waals surface area contributed by atoms with Gasteiger partial charge in [0.1, 0.15) is 11.9 Å². The maximum absolute atomic E-state index is 13.0. The summed E-state index contributed by atoms with van der Waals surface area (Å²) in [4.78, 5) is 28.6. The molecule has 0 bridgehead atoms. The Kier molecular flexibility index (Phi) is 6.43. The lowest BCUT2D eigenvalue weighted by molar-refractivity contribution is -0.142. The summed E-state index contributed by atoms with van der Waals surface area (Å²) in [6.45, 7) is 2.31. The Morgan fingerprint density at radius 2 is 1.56 bits per heavy atom. The lowest BCUT2D eigenvalue weighted by atomic mass is 10.1. The van der Waals surface area contributed by atoms with Crippen molar-refractivity contribution in [1.29, 1.82) is 0 Å². The highest BCUT2D eigenvalue weighted by Crippen LogP contribution is 2.19. The molecule has 0 saturated carbocycles. The van der Waals surface area contributed by atoms with E-state index in [1.807, 2.05) is 0 Å². The van der Waals surface area contributed by atoms with Crippen molar-refractivity contribution in [3.8, 4) is 0 Å². The van der Waals surface area contributed by atoms with E-state index >= 15 is 0 Å². The highest BCUT2D eigenvalue weighted by molar-refractivity contribution is 7.92. The summed E-state index contributed by atoms with van der Waals surface area (Å²) >= 11 is 0. The third-order valence-corrected chi connectivity index (χ3v) is 6.99. The average Bonchev–Trinajstić information content (AvgIpc) is 3.35. The summed E-state index contributed by atoms with van der Waals surface area (Å²) in [6.07, 6.45) is 1.26. The number of piperazine rings is 1. The van der Waals surface area contributed by atoms with Crippen LogP contribution in [0.1, 0.15) is 23.2 Å². The zero-order valence-electron chi connectivity index (χ0n) is 17.4. The van der Waals surface area contributed by atoms with Crippen LogP contribution in [-0.2, 0) is 19.6 Å². The summed E-state index contributed by atoms with van der Waals surface area (Å²) in [5, 5.41) is 0. The topological polar surface area (TPSA) is 96.0 Å². The smallest absolute Gasteiger partial charge is 0.261 e. The number of ether oxygens (including phenoxy) is 1. The van der Waals surface area contributed by atoms with Crippen molar-refractivity contribution in [2.45, 2.75) is 23.8 Å². The van der Waals surface area contributed by atoms with Crippen LogP contribution in [0.4, 0.5) is 10.1 Å². The summed E-state index contributed by atoms with van der Waals surface area (Å²) in [6, 6.07) is 10.6. The Hall–Kier alpha value is -2.98. The van der Waals surface area contributed by atoms with Gasteiger partial charge in [0.05, 0.1) is 4.90 Å². The first-order valence-corrected chi connectivity index (χ1v) is 11.9. The van der Waals surface area contributed by atoms with Crippen LogP contribution in [0.15, 0.2) is 53.4 Å². The van der Waals surface area contributed by atoms with Gasteiger partial charge in [0.2, 0.25) is 0 Å². The molecule has 0 spiro atoms. The summed E-state index contributed by atoms with van der Waals surface area (Å²) in [7, 11) is -3.87. The highest BCUT2D eigenvalue weighted by atomic mass is 32.2. The minimum Gasteiger partial charge on any atom is -0.368 e. The first-order valence-electron chi connectivity index (χ1n) is 10.4. The van der Waals surface area contributed by atoms with Crippen LogP contribution in [0.2, 0.25) is 0 Å². The molecule has 4 rings (SSSR count). The molecule has 2 aliphatic rings. The molecule has 2 aliphatic heterocycles. The monoisotopic (exact) mass is 461 g/mol. The van der Waals surface area contributed by atoms with E-state index in [2.05, 4.69) is 4.72 Å². The maximum Gasteiger partial charge on any atom is 0.261 e. The first kappa shape index (κ1) is 22.2. The van der Waals surface area contributed by atoms with E-state index in [1.165, 1.54) is 36.4 Å². The lowest BCUT2D eigenvalue weighted by Gasteiger charge is -2.35. The lowest BCUT2D eigenvalue weighted by Crippen LogP contribution is -2.52. The van der Waals surface area contributed by atoms with E-state index in [9.17, 15) is 22.4 Å². The fourth-order valence-electron chi connectivity index (χ4n) is 3.80. The van der Waals surface area contributed by atoms with Gasteiger partial charge < -0.3 is 14.5 Å². The van der Waals surface area contributed by atoms with Gasteiger partial charge in [-0.15, -0.1) is 0 Å². The number of anilines is 1. The first-order chi connectivity index (χ1) is 15.3. The molecule has 2 saturated heterocycles. The molecule has 10 heteroatoms. The summed E-state index contributed by atoms with van der Waals surface area (Å²) < 4.78 is 45.9. The number of carbonyl (C=O) groups excluding carboxylic acids is 2. The van der Waals surface area contributed by atoms with Crippen molar-refractivity contribution >= 4 is 27.5 Å². The largest absolute Gasteiger partial charge is 0.368 e. The molecule has 170 valence electrons. The molecule has 2 aromatic rings. The third-order valence-electron chi connectivity index (χ3n) is 5.59. The maximum atomic E-state index is 13.0. The molecule has 0 radical (unpaired) electrons. The predicted octanol–water partition coefficient (Wildman–Crippen LogP) is 2.09. The number of nitrogens with one attached hydrogen (secondary N) is 1. The Labute approximate surface area is 186 Å². The van der Waals surface area contributed by atoms with Crippen LogP contribution >= 0.6 is 0 Å². The van der Waals surface area contributed by atoms with E-state index in [-0.39, 0.29) is 28.5 Å². The number of amides is 2. The molecule has 0 aliphatic carbocycles. The van der Waals surface area contributed by atoms with Crippen molar-refractivity contribution in [3.63, 3.8) is 0 Å². The predicted molar refractivity (Wildman–Crippen MR) is 115 cm³/mol. The Morgan fingerprint density at radius 3 is 2.16 bits per heavy atom. The van der Waals surface area contributed by atoms with Gasteiger partial charge >= 0.3 is 0 Å². The van der Waals surface area contributed by atoms with Crippen molar-refractivity contribution in [2.75, 3.05) is 37.5 Å². The van der Waals surface area contributed by atoms with Crippen LogP contribution in [0, 0.1) is 5.82 Å². The zero-order chi connectivity index (χ0) is 22.7. The molecule has 1 N–H and O–H groups in total. The fourth-order valence-corrected chi connectivity index (χ4v) is 4.86. The number of nitrogens with zero attached hydrogens (tertiary/aromatic N) is 2. The number of halogens is 1. The molecule has 2 fully saturated rings. The van der Waals surface area contributed by atoms with E-state index in [0.717, 1.165) is 25.0 Å². The molecule has 2 amide bonds. The Morgan fingerprint density at radius 1 is 0.938 bits per heavy atom. The van der Waals surface area contributed by atoms with Gasteiger partial charge in [0.15, 0.2) is 0 Å². The van der Waals surface area contributed by atoms with Crippen molar-refractivity contribution in [1.82, 2.24) is 9.80 Å². The van der Waals surface area contributed by atoms with Crippen molar-refractivity contribution in [3.05, 3.63) is 59.9 Å². The molecular formula is C22H24FN3O5S. The minimum absolute atomic E-state index is 0.00893. The van der Waals surface area contributed by atoms with Crippen LogP contribution in [0.25, 0.3) is 0 Å². The van der Waals surface area contributed by atoms with Gasteiger partial charge in [-0.25, -0.2) is 12.8 Å². The van der Waals surface area contributed by atoms with Gasteiger partial charge in [-0.3, -0.25) is 14.3 Å².